The topological polar surface area (TPSA) is 75.5 Å². The van der Waals surface area contributed by atoms with Crippen LogP contribution in [0.5, 0.6) is 0 Å². The summed E-state index contributed by atoms with van der Waals surface area (Å²) in [5.74, 6) is 0.496. The van der Waals surface area contributed by atoms with E-state index in [-0.39, 0.29) is 16.6 Å². The summed E-state index contributed by atoms with van der Waals surface area (Å²) >= 11 is 6.02. The number of piperidine rings is 1. The Kier molecular flexibility index (Phi) is 5.74. The molecule has 0 aromatic heterocycles. The number of amides is 1. The first kappa shape index (κ1) is 16.7. The molecular weight excluding hydrogens is 306 g/mol. The van der Waals surface area contributed by atoms with Crippen molar-refractivity contribution in [1.29, 1.82) is 0 Å². The first-order valence-corrected chi connectivity index (χ1v) is 7.78. The minimum Gasteiger partial charge on any atom is -0.339 e. The number of non-ortho nitro benzene ring substituents is 1. The lowest BCUT2D eigenvalue weighted by molar-refractivity contribution is -0.384. The van der Waals surface area contributed by atoms with E-state index in [9.17, 15) is 14.9 Å². The number of carbonyl (C=O) groups is 1. The number of rotatable bonds is 5. The van der Waals surface area contributed by atoms with E-state index in [1.165, 1.54) is 18.2 Å². The van der Waals surface area contributed by atoms with Gasteiger partial charge in [0.15, 0.2) is 0 Å². The van der Waals surface area contributed by atoms with Crippen molar-refractivity contribution >= 4 is 23.2 Å². The average Bonchev–Trinajstić information content (AvgIpc) is 2.52. The third-order valence-corrected chi connectivity index (χ3v) is 4.41. The number of nitro groups is 1. The average molecular weight is 326 g/mol. The zero-order valence-corrected chi connectivity index (χ0v) is 13.3. The maximum atomic E-state index is 12.5. The number of hydrogen-bond acceptors (Lipinski definition) is 4. The van der Waals surface area contributed by atoms with Crippen LogP contribution in [0, 0.1) is 16.0 Å². The van der Waals surface area contributed by atoms with Gasteiger partial charge in [0.05, 0.1) is 15.5 Å². The number of benzene rings is 1. The van der Waals surface area contributed by atoms with Crippen molar-refractivity contribution in [2.45, 2.75) is 19.3 Å². The summed E-state index contributed by atoms with van der Waals surface area (Å²) in [6.07, 6.45) is 3.09. The van der Waals surface area contributed by atoms with Crippen LogP contribution in [0.15, 0.2) is 18.2 Å². The highest BCUT2D eigenvalue weighted by Crippen LogP contribution is 2.26. The number of nitro benzene ring substituents is 1. The highest BCUT2D eigenvalue weighted by atomic mass is 35.5. The van der Waals surface area contributed by atoms with Crippen LogP contribution in [-0.2, 0) is 0 Å². The molecule has 7 heteroatoms. The Morgan fingerprint density at radius 2 is 2.14 bits per heavy atom. The smallest absolute Gasteiger partial charge is 0.270 e. The Morgan fingerprint density at radius 1 is 1.45 bits per heavy atom. The quantitative estimate of drug-likeness (QED) is 0.667. The maximum Gasteiger partial charge on any atom is 0.270 e. The normalized spacial score (nSPS) is 15.8. The van der Waals surface area contributed by atoms with Crippen LogP contribution in [0.4, 0.5) is 5.69 Å². The van der Waals surface area contributed by atoms with Crippen LogP contribution in [-0.4, -0.2) is 42.4 Å². The summed E-state index contributed by atoms with van der Waals surface area (Å²) in [6.45, 7) is 2.41. The monoisotopic (exact) mass is 325 g/mol. The van der Waals surface area contributed by atoms with Gasteiger partial charge in [0.25, 0.3) is 11.6 Å². The maximum absolute atomic E-state index is 12.5. The molecule has 0 aliphatic carbocycles. The highest BCUT2D eigenvalue weighted by Gasteiger charge is 2.25. The predicted octanol–water partition coefficient (Wildman–Crippen LogP) is 2.71. The number of nitrogens with one attached hydrogen (secondary N) is 1. The second kappa shape index (κ2) is 7.56. The third kappa shape index (κ3) is 3.96. The molecular formula is C15H20ClN3O3. The van der Waals surface area contributed by atoms with Gasteiger partial charge in [-0.05, 0) is 44.8 Å². The Balaban J connectivity index is 1.99. The molecule has 2 rings (SSSR count). The van der Waals surface area contributed by atoms with Crippen molar-refractivity contribution in [3.8, 4) is 0 Å². The molecule has 1 heterocycles. The van der Waals surface area contributed by atoms with Gasteiger partial charge >= 0.3 is 0 Å². The molecule has 1 aliphatic rings. The van der Waals surface area contributed by atoms with Crippen molar-refractivity contribution in [3.05, 3.63) is 38.9 Å². The standard InChI is InChI=1S/C15H20ClN3O3/c1-17-7-4-11-5-8-18(9-6-11)15(20)13-3-2-12(19(21)22)10-14(13)16/h2-3,10-11,17H,4-9H2,1H3. The molecule has 0 atom stereocenters. The van der Waals surface area contributed by atoms with Crippen LogP contribution in [0.25, 0.3) is 0 Å². The van der Waals surface area contributed by atoms with Crippen molar-refractivity contribution in [1.82, 2.24) is 10.2 Å². The van der Waals surface area contributed by atoms with E-state index < -0.39 is 4.92 Å². The van der Waals surface area contributed by atoms with Gasteiger partial charge in [0.1, 0.15) is 0 Å². The minimum atomic E-state index is -0.520. The molecule has 22 heavy (non-hydrogen) atoms. The van der Waals surface area contributed by atoms with E-state index in [1.54, 1.807) is 4.90 Å². The van der Waals surface area contributed by atoms with E-state index in [4.69, 9.17) is 11.6 Å². The molecule has 0 radical (unpaired) electrons. The molecule has 0 saturated carbocycles. The summed E-state index contributed by atoms with van der Waals surface area (Å²) in [5.41, 5.74) is 0.230. The lowest BCUT2D eigenvalue weighted by Gasteiger charge is -2.32. The largest absolute Gasteiger partial charge is 0.339 e. The van der Waals surface area contributed by atoms with E-state index in [2.05, 4.69) is 5.32 Å². The van der Waals surface area contributed by atoms with Gasteiger partial charge in [-0.2, -0.15) is 0 Å². The van der Waals surface area contributed by atoms with Gasteiger partial charge in [0, 0.05) is 25.2 Å². The number of hydrogen-bond donors (Lipinski definition) is 1. The Morgan fingerprint density at radius 3 is 2.68 bits per heavy atom. The van der Waals surface area contributed by atoms with Gasteiger partial charge < -0.3 is 10.2 Å². The fourth-order valence-corrected chi connectivity index (χ4v) is 2.99. The molecule has 0 unspecified atom stereocenters. The molecule has 1 aromatic rings. The Bertz CT molecular complexity index is 557. The van der Waals surface area contributed by atoms with Crippen LogP contribution in [0.1, 0.15) is 29.6 Å². The van der Waals surface area contributed by atoms with Gasteiger partial charge in [0.2, 0.25) is 0 Å². The van der Waals surface area contributed by atoms with Gasteiger partial charge in [-0.15, -0.1) is 0 Å². The van der Waals surface area contributed by atoms with Gasteiger partial charge in [-0.3, -0.25) is 14.9 Å². The molecule has 120 valence electrons. The fraction of sp³-hybridized carbons (Fsp3) is 0.533. The van der Waals surface area contributed by atoms with Crippen molar-refractivity contribution in [3.63, 3.8) is 0 Å². The van der Waals surface area contributed by atoms with E-state index in [0.717, 1.165) is 25.8 Å². The van der Waals surface area contributed by atoms with Crippen molar-refractivity contribution < 1.29 is 9.72 Å². The number of halogens is 1. The molecule has 1 aromatic carbocycles. The Labute approximate surface area is 134 Å². The lowest BCUT2D eigenvalue weighted by atomic mass is 9.93. The number of carbonyl (C=O) groups excluding carboxylic acids is 1. The number of nitrogens with zero attached hydrogens (tertiary/aromatic N) is 2. The lowest BCUT2D eigenvalue weighted by Crippen LogP contribution is -2.39. The van der Waals surface area contributed by atoms with Crippen LogP contribution < -0.4 is 5.32 Å². The van der Waals surface area contributed by atoms with E-state index in [0.29, 0.717) is 24.6 Å². The van der Waals surface area contributed by atoms with Crippen LogP contribution in [0.2, 0.25) is 5.02 Å². The SMILES string of the molecule is CNCCC1CCN(C(=O)c2ccc([N+](=O)[O-])cc2Cl)CC1. The molecule has 1 amide bonds. The summed E-state index contributed by atoms with van der Waals surface area (Å²) in [7, 11) is 1.94. The zero-order valence-electron chi connectivity index (χ0n) is 12.5. The van der Waals surface area contributed by atoms with Crippen LogP contribution in [0.3, 0.4) is 0 Å². The molecule has 1 aliphatic heterocycles. The molecule has 1 fully saturated rings. The molecule has 0 bridgehead atoms. The molecule has 6 nitrogen and oxygen atoms in total. The fourth-order valence-electron chi connectivity index (χ4n) is 2.73. The third-order valence-electron chi connectivity index (χ3n) is 4.10. The van der Waals surface area contributed by atoms with Crippen molar-refractivity contribution in [2.75, 3.05) is 26.7 Å². The second-order valence-corrected chi connectivity index (χ2v) is 5.96. The Hall–Kier alpha value is -1.66. The number of likely N-dealkylation sites (tertiary alicyclic amines) is 1. The molecule has 1 N–H and O–H groups in total. The van der Waals surface area contributed by atoms with Crippen LogP contribution >= 0.6 is 11.6 Å². The summed E-state index contributed by atoms with van der Waals surface area (Å²) in [6, 6.07) is 3.99. The van der Waals surface area contributed by atoms with E-state index in [1.807, 2.05) is 7.05 Å². The first-order valence-electron chi connectivity index (χ1n) is 7.40. The minimum absolute atomic E-state index is 0.104. The highest BCUT2D eigenvalue weighted by molar-refractivity contribution is 6.34. The first-order chi connectivity index (χ1) is 10.5. The molecule has 0 spiro atoms. The molecule has 1 saturated heterocycles. The van der Waals surface area contributed by atoms with Crippen molar-refractivity contribution in [2.24, 2.45) is 5.92 Å². The second-order valence-electron chi connectivity index (χ2n) is 5.55. The zero-order chi connectivity index (χ0) is 16.1. The van der Waals surface area contributed by atoms with Gasteiger partial charge in [-0.25, -0.2) is 0 Å². The van der Waals surface area contributed by atoms with E-state index >= 15 is 0 Å². The predicted molar refractivity (Wildman–Crippen MR) is 85.3 cm³/mol. The van der Waals surface area contributed by atoms with Gasteiger partial charge in [-0.1, -0.05) is 11.6 Å². The summed E-state index contributed by atoms with van der Waals surface area (Å²) in [5, 5.41) is 14.0. The summed E-state index contributed by atoms with van der Waals surface area (Å²) < 4.78 is 0. The summed E-state index contributed by atoms with van der Waals surface area (Å²) in [4.78, 5) is 24.4.